The Hall–Kier alpha value is -0.410. The summed E-state index contributed by atoms with van der Waals surface area (Å²) >= 11 is 1.83. The maximum Gasteiger partial charge on any atom is 0.110 e. The second kappa shape index (κ2) is 5.49. The molecule has 1 atom stereocenters. The van der Waals surface area contributed by atoms with Crippen molar-refractivity contribution in [2.75, 3.05) is 0 Å². The lowest BCUT2D eigenvalue weighted by atomic mass is 9.88. The van der Waals surface area contributed by atoms with Gasteiger partial charge in [-0.3, -0.25) is 0 Å². The van der Waals surface area contributed by atoms with Gasteiger partial charge in [-0.1, -0.05) is 34.6 Å². The molecule has 98 valence electrons. The van der Waals surface area contributed by atoms with Crippen LogP contribution in [0, 0.1) is 19.3 Å². The Balaban J connectivity index is 2.89. The standard InChI is InChI=1S/C14H26N2S/c1-9(2)15-12(8-14(5,6)7)13-16-10(3)11(4)17-13/h9,12,15H,8H2,1-7H3. The maximum atomic E-state index is 4.70. The van der Waals surface area contributed by atoms with Crippen molar-refractivity contribution < 1.29 is 0 Å². The van der Waals surface area contributed by atoms with E-state index in [-0.39, 0.29) is 0 Å². The van der Waals surface area contributed by atoms with Crippen molar-refractivity contribution in [1.82, 2.24) is 10.3 Å². The number of aryl methyl sites for hydroxylation is 2. The molecule has 0 radical (unpaired) electrons. The molecular weight excluding hydrogens is 228 g/mol. The number of nitrogens with one attached hydrogen (secondary N) is 1. The molecule has 0 aliphatic rings. The van der Waals surface area contributed by atoms with E-state index in [1.807, 2.05) is 11.3 Å². The molecule has 1 unspecified atom stereocenters. The number of nitrogens with zero attached hydrogens (tertiary/aromatic N) is 1. The zero-order valence-electron chi connectivity index (χ0n) is 12.2. The quantitative estimate of drug-likeness (QED) is 0.869. The Bertz CT molecular complexity index is 341. The number of rotatable bonds is 4. The number of aromatic nitrogens is 1. The third kappa shape index (κ3) is 4.76. The summed E-state index contributed by atoms with van der Waals surface area (Å²) in [4.78, 5) is 6.04. The van der Waals surface area contributed by atoms with Gasteiger partial charge in [0.2, 0.25) is 0 Å². The van der Waals surface area contributed by atoms with Gasteiger partial charge in [0.25, 0.3) is 0 Å². The van der Waals surface area contributed by atoms with Crippen LogP contribution >= 0.6 is 11.3 Å². The molecule has 0 aromatic carbocycles. The molecule has 0 aliphatic carbocycles. The first-order valence-electron chi connectivity index (χ1n) is 6.39. The van der Waals surface area contributed by atoms with E-state index >= 15 is 0 Å². The summed E-state index contributed by atoms with van der Waals surface area (Å²) in [5, 5.41) is 4.88. The highest BCUT2D eigenvalue weighted by Gasteiger charge is 2.23. The summed E-state index contributed by atoms with van der Waals surface area (Å²) in [6.07, 6.45) is 1.12. The van der Waals surface area contributed by atoms with Crippen LogP contribution in [0.5, 0.6) is 0 Å². The smallest absolute Gasteiger partial charge is 0.110 e. The highest BCUT2D eigenvalue weighted by molar-refractivity contribution is 7.11. The number of hydrogen-bond donors (Lipinski definition) is 1. The largest absolute Gasteiger partial charge is 0.306 e. The zero-order chi connectivity index (χ0) is 13.2. The first-order valence-corrected chi connectivity index (χ1v) is 7.20. The molecule has 1 rings (SSSR count). The molecule has 3 heteroatoms. The van der Waals surface area contributed by atoms with E-state index in [0.717, 1.165) is 6.42 Å². The fraction of sp³-hybridized carbons (Fsp3) is 0.786. The van der Waals surface area contributed by atoms with Crippen LogP contribution in [0.2, 0.25) is 0 Å². The van der Waals surface area contributed by atoms with E-state index in [0.29, 0.717) is 17.5 Å². The topological polar surface area (TPSA) is 24.9 Å². The minimum Gasteiger partial charge on any atom is -0.306 e. The summed E-state index contributed by atoms with van der Waals surface area (Å²) in [5.41, 5.74) is 1.49. The molecule has 0 amide bonds. The van der Waals surface area contributed by atoms with Crippen molar-refractivity contribution in [3.63, 3.8) is 0 Å². The molecule has 1 heterocycles. The molecule has 0 saturated carbocycles. The molecule has 17 heavy (non-hydrogen) atoms. The van der Waals surface area contributed by atoms with Gasteiger partial charge in [0.05, 0.1) is 11.7 Å². The van der Waals surface area contributed by atoms with Gasteiger partial charge in [-0.25, -0.2) is 4.98 Å². The average Bonchev–Trinajstić information content (AvgIpc) is 2.42. The van der Waals surface area contributed by atoms with E-state index in [1.54, 1.807) is 0 Å². The van der Waals surface area contributed by atoms with Crippen molar-refractivity contribution >= 4 is 11.3 Å². The minimum absolute atomic E-state index is 0.319. The van der Waals surface area contributed by atoms with E-state index in [9.17, 15) is 0 Å². The van der Waals surface area contributed by atoms with Gasteiger partial charge in [0.1, 0.15) is 5.01 Å². The van der Waals surface area contributed by atoms with Gasteiger partial charge in [0, 0.05) is 10.9 Å². The van der Waals surface area contributed by atoms with Crippen LogP contribution in [0.3, 0.4) is 0 Å². The molecule has 2 nitrogen and oxygen atoms in total. The van der Waals surface area contributed by atoms with Crippen molar-refractivity contribution in [3.8, 4) is 0 Å². The SMILES string of the molecule is Cc1nc(C(CC(C)(C)C)NC(C)C)sc1C. The summed E-state index contributed by atoms with van der Waals surface area (Å²) in [6, 6.07) is 0.874. The fourth-order valence-electron chi connectivity index (χ4n) is 1.88. The van der Waals surface area contributed by atoms with Crippen LogP contribution < -0.4 is 5.32 Å². The van der Waals surface area contributed by atoms with E-state index in [2.05, 4.69) is 53.8 Å². The molecule has 0 spiro atoms. The predicted octanol–water partition coefficient (Wildman–Crippen LogP) is 4.24. The van der Waals surface area contributed by atoms with Crippen LogP contribution in [-0.4, -0.2) is 11.0 Å². The van der Waals surface area contributed by atoms with Crippen LogP contribution in [-0.2, 0) is 0 Å². The van der Waals surface area contributed by atoms with E-state index < -0.39 is 0 Å². The Labute approximate surface area is 110 Å². The van der Waals surface area contributed by atoms with E-state index in [4.69, 9.17) is 4.98 Å². The summed E-state index contributed by atoms with van der Waals surface area (Å²) in [7, 11) is 0. The Morgan fingerprint density at radius 3 is 2.18 bits per heavy atom. The third-order valence-electron chi connectivity index (χ3n) is 2.69. The summed E-state index contributed by atoms with van der Waals surface area (Å²) in [6.45, 7) is 15.5. The van der Waals surface area contributed by atoms with E-state index in [1.165, 1.54) is 15.6 Å². The van der Waals surface area contributed by atoms with Crippen LogP contribution in [0.25, 0.3) is 0 Å². The lowest BCUT2D eigenvalue weighted by Gasteiger charge is -2.27. The van der Waals surface area contributed by atoms with Gasteiger partial charge >= 0.3 is 0 Å². The van der Waals surface area contributed by atoms with Crippen molar-refractivity contribution in [3.05, 3.63) is 15.6 Å². The minimum atomic E-state index is 0.319. The summed E-state index contributed by atoms with van der Waals surface area (Å²) < 4.78 is 0. The number of thiazole rings is 1. The van der Waals surface area contributed by atoms with Crippen molar-refractivity contribution in [1.29, 1.82) is 0 Å². The molecule has 1 aromatic heterocycles. The molecule has 0 saturated heterocycles. The Kier molecular flexibility index (Phi) is 4.73. The third-order valence-corrected chi connectivity index (χ3v) is 3.88. The highest BCUT2D eigenvalue weighted by Crippen LogP contribution is 2.32. The molecule has 0 fully saturated rings. The van der Waals surface area contributed by atoms with Gasteiger partial charge in [0.15, 0.2) is 0 Å². The van der Waals surface area contributed by atoms with Crippen LogP contribution in [0.15, 0.2) is 0 Å². The monoisotopic (exact) mass is 254 g/mol. The maximum absolute atomic E-state index is 4.70. The molecular formula is C14H26N2S. The van der Waals surface area contributed by atoms with Gasteiger partial charge < -0.3 is 5.32 Å². The lowest BCUT2D eigenvalue weighted by molar-refractivity contribution is 0.300. The fourth-order valence-corrected chi connectivity index (χ4v) is 2.86. The second-order valence-corrected chi connectivity index (χ2v) is 7.57. The average molecular weight is 254 g/mol. The Morgan fingerprint density at radius 2 is 1.82 bits per heavy atom. The molecule has 0 bridgehead atoms. The van der Waals surface area contributed by atoms with Crippen LogP contribution in [0.1, 0.15) is 62.7 Å². The first kappa shape index (κ1) is 14.7. The first-order chi connectivity index (χ1) is 7.69. The Morgan fingerprint density at radius 1 is 1.24 bits per heavy atom. The van der Waals surface area contributed by atoms with Crippen molar-refractivity contribution in [2.24, 2.45) is 5.41 Å². The molecule has 0 aliphatic heterocycles. The lowest BCUT2D eigenvalue weighted by Crippen LogP contribution is -2.31. The van der Waals surface area contributed by atoms with Gasteiger partial charge in [-0.05, 0) is 25.7 Å². The predicted molar refractivity (Wildman–Crippen MR) is 76.7 cm³/mol. The zero-order valence-corrected chi connectivity index (χ0v) is 13.0. The second-order valence-electron chi connectivity index (χ2n) is 6.33. The molecule has 1 N–H and O–H groups in total. The van der Waals surface area contributed by atoms with Crippen LogP contribution in [0.4, 0.5) is 0 Å². The normalized spacial score (nSPS) is 14.4. The van der Waals surface area contributed by atoms with Crippen molar-refractivity contribution in [2.45, 2.75) is 67.0 Å². The van der Waals surface area contributed by atoms with Gasteiger partial charge in [-0.2, -0.15) is 0 Å². The van der Waals surface area contributed by atoms with Gasteiger partial charge in [-0.15, -0.1) is 11.3 Å². The summed E-state index contributed by atoms with van der Waals surface area (Å²) in [5.74, 6) is 0. The number of hydrogen-bond acceptors (Lipinski definition) is 3. The highest BCUT2D eigenvalue weighted by atomic mass is 32.1. The molecule has 1 aromatic rings.